The van der Waals surface area contributed by atoms with Gasteiger partial charge in [0.25, 0.3) is 0 Å². The highest BCUT2D eigenvalue weighted by molar-refractivity contribution is 7.09. The van der Waals surface area contributed by atoms with Gasteiger partial charge in [-0.1, -0.05) is 38.5 Å². The number of methoxy groups -OCH3 is 1. The fraction of sp³-hybridized carbons (Fsp3) is 0.633. The topological polar surface area (TPSA) is 84.9 Å². The standard InChI is InChI=1S/C30H42N2O5S/c1-20-30(28(35)36-5)18-22(16-26(33)31-19-23-12-9-15-38-23)27(34)32(14-13-21-10-7-6-8-11-21)24(30)17-25(37-20)29(2,3)4/h9-10,12,15,17,20,22,25H,6-8,11,13-14,16,18-19H2,1-5H3,(H,31,33)/t20-,22+,25-,30+/m1/s1. The first-order valence-electron chi connectivity index (χ1n) is 13.8. The Morgan fingerprint density at radius 2 is 2.08 bits per heavy atom. The fourth-order valence-electron chi connectivity index (χ4n) is 5.95. The van der Waals surface area contributed by atoms with Crippen LogP contribution in [-0.2, 0) is 30.4 Å². The van der Waals surface area contributed by atoms with Gasteiger partial charge in [0.1, 0.15) is 5.41 Å². The lowest BCUT2D eigenvalue weighted by atomic mass is 9.65. The summed E-state index contributed by atoms with van der Waals surface area (Å²) in [6.45, 7) is 9.08. The van der Waals surface area contributed by atoms with Gasteiger partial charge in [-0.25, -0.2) is 0 Å². The number of amides is 2. The molecule has 4 atom stereocenters. The summed E-state index contributed by atoms with van der Waals surface area (Å²) in [6.07, 6.45) is 8.93. The van der Waals surface area contributed by atoms with E-state index in [2.05, 4.69) is 32.2 Å². The maximum Gasteiger partial charge on any atom is 0.320 e. The number of allylic oxidation sites excluding steroid dienone is 1. The van der Waals surface area contributed by atoms with E-state index in [1.807, 2.05) is 30.5 Å². The van der Waals surface area contributed by atoms with E-state index >= 15 is 0 Å². The molecule has 1 saturated heterocycles. The van der Waals surface area contributed by atoms with Crippen molar-refractivity contribution in [1.29, 1.82) is 0 Å². The van der Waals surface area contributed by atoms with Crippen molar-refractivity contribution in [2.75, 3.05) is 13.7 Å². The van der Waals surface area contributed by atoms with Crippen LogP contribution in [0.3, 0.4) is 0 Å². The molecule has 4 rings (SSSR count). The molecule has 7 nitrogen and oxygen atoms in total. The van der Waals surface area contributed by atoms with Gasteiger partial charge < -0.3 is 19.7 Å². The molecular formula is C30H42N2O5S. The van der Waals surface area contributed by atoms with Gasteiger partial charge in [-0.05, 0) is 68.4 Å². The third-order valence-electron chi connectivity index (χ3n) is 8.20. The molecule has 0 bridgehead atoms. The van der Waals surface area contributed by atoms with E-state index in [-0.39, 0.29) is 36.2 Å². The van der Waals surface area contributed by atoms with Gasteiger partial charge in [0.2, 0.25) is 11.8 Å². The first-order chi connectivity index (χ1) is 18.1. The van der Waals surface area contributed by atoms with Gasteiger partial charge >= 0.3 is 5.97 Å². The second kappa shape index (κ2) is 11.7. The number of fused-ring (bicyclic) bond motifs is 1. The molecule has 0 spiro atoms. The van der Waals surface area contributed by atoms with Crippen LogP contribution in [0.4, 0.5) is 0 Å². The van der Waals surface area contributed by atoms with Crippen LogP contribution in [0.15, 0.2) is 40.9 Å². The zero-order valence-corrected chi connectivity index (χ0v) is 24.2. The minimum atomic E-state index is -1.15. The summed E-state index contributed by atoms with van der Waals surface area (Å²) in [7, 11) is 1.38. The largest absolute Gasteiger partial charge is 0.468 e. The zero-order chi connectivity index (χ0) is 27.5. The van der Waals surface area contributed by atoms with E-state index in [1.165, 1.54) is 25.5 Å². The van der Waals surface area contributed by atoms with E-state index in [0.29, 0.717) is 18.8 Å². The molecule has 38 heavy (non-hydrogen) atoms. The number of hydrogen-bond acceptors (Lipinski definition) is 6. The molecular weight excluding hydrogens is 500 g/mol. The number of carbonyl (C=O) groups is 3. The number of ether oxygens (including phenoxy) is 2. The number of likely N-dealkylation sites (tertiary alicyclic amines) is 1. The van der Waals surface area contributed by atoms with Gasteiger partial charge in [-0.2, -0.15) is 0 Å². The Labute approximate surface area is 230 Å². The number of thiophene rings is 1. The molecule has 0 unspecified atom stereocenters. The highest BCUT2D eigenvalue weighted by Crippen LogP contribution is 2.52. The highest BCUT2D eigenvalue weighted by atomic mass is 32.1. The summed E-state index contributed by atoms with van der Waals surface area (Å²) in [5.74, 6) is -1.36. The van der Waals surface area contributed by atoms with Gasteiger partial charge in [0.15, 0.2) is 0 Å². The van der Waals surface area contributed by atoms with Crippen LogP contribution in [0, 0.1) is 16.7 Å². The first kappa shape index (κ1) is 28.6. The summed E-state index contributed by atoms with van der Waals surface area (Å²) < 4.78 is 11.8. The molecule has 1 N–H and O–H groups in total. The molecule has 1 aromatic heterocycles. The summed E-state index contributed by atoms with van der Waals surface area (Å²) in [4.78, 5) is 43.4. The van der Waals surface area contributed by atoms with Crippen LogP contribution < -0.4 is 5.32 Å². The highest BCUT2D eigenvalue weighted by Gasteiger charge is 2.60. The number of nitrogens with zero attached hydrogens (tertiary/aromatic N) is 1. The molecule has 208 valence electrons. The number of rotatable bonds is 8. The summed E-state index contributed by atoms with van der Waals surface area (Å²) in [5, 5.41) is 4.91. The summed E-state index contributed by atoms with van der Waals surface area (Å²) >= 11 is 1.58. The van der Waals surface area contributed by atoms with Crippen molar-refractivity contribution in [2.45, 2.75) is 91.4 Å². The fourth-order valence-corrected chi connectivity index (χ4v) is 6.60. The minimum Gasteiger partial charge on any atom is -0.468 e. The zero-order valence-electron chi connectivity index (χ0n) is 23.4. The SMILES string of the molecule is COC(=O)[C@]12C[C@H](CC(=O)NCc3cccs3)C(=O)N(CCC3=CCCCC3)C1=C[C@H](C(C)(C)C)O[C@@H]2C. The predicted octanol–water partition coefficient (Wildman–Crippen LogP) is 5.37. The van der Waals surface area contributed by atoms with Gasteiger partial charge in [-0.3, -0.25) is 14.4 Å². The number of esters is 1. The molecule has 0 radical (unpaired) electrons. The Hall–Kier alpha value is -2.45. The van der Waals surface area contributed by atoms with Gasteiger partial charge in [0, 0.05) is 29.5 Å². The molecule has 1 fully saturated rings. The van der Waals surface area contributed by atoms with Crippen molar-refractivity contribution in [1.82, 2.24) is 10.2 Å². The van der Waals surface area contributed by atoms with Crippen LogP contribution in [0.2, 0.25) is 0 Å². The van der Waals surface area contributed by atoms with Crippen molar-refractivity contribution in [2.24, 2.45) is 16.7 Å². The Balaban J connectivity index is 1.67. The molecule has 3 heterocycles. The Morgan fingerprint density at radius 3 is 2.71 bits per heavy atom. The lowest BCUT2D eigenvalue weighted by molar-refractivity contribution is -0.180. The molecule has 3 aliphatic rings. The van der Waals surface area contributed by atoms with Crippen molar-refractivity contribution in [3.8, 4) is 0 Å². The van der Waals surface area contributed by atoms with Crippen LogP contribution in [-0.4, -0.2) is 48.5 Å². The van der Waals surface area contributed by atoms with Gasteiger partial charge in [-0.15, -0.1) is 11.3 Å². The van der Waals surface area contributed by atoms with Crippen LogP contribution in [0.5, 0.6) is 0 Å². The molecule has 8 heteroatoms. The predicted molar refractivity (Wildman–Crippen MR) is 148 cm³/mol. The maximum atomic E-state index is 14.0. The van der Waals surface area contributed by atoms with Crippen molar-refractivity contribution in [3.05, 3.63) is 45.8 Å². The molecule has 2 aliphatic heterocycles. The number of piperidine rings is 1. The normalized spacial score (nSPS) is 27.8. The van der Waals surface area contributed by atoms with Crippen molar-refractivity contribution in [3.63, 3.8) is 0 Å². The monoisotopic (exact) mass is 542 g/mol. The average molecular weight is 543 g/mol. The van der Waals surface area contributed by atoms with Crippen molar-refractivity contribution < 1.29 is 23.9 Å². The van der Waals surface area contributed by atoms with E-state index in [4.69, 9.17) is 9.47 Å². The number of nitrogens with one attached hydrogen (secondary N) is 1. The Kier molecular flexibility index (Phi) is 8.82. The first-order valence-corrected chi connectivity index (χ1v) is 14.7. The molecule has 2 amide bonds. The van der Waals surface area contributed by atoms with Crippen LogP contribution in [0.25, 0.3) is 0 Å². The number of hydrogen-bond donors (Lipinski definition) is 1. The van der Waals surface area contributed by atoms with E-state index in [0.717, 1.165) is 24.1 Å². The lowest BCUT2D eigenvalue weighted by Crippen LogP contribution is -2.61. The second-order valence-electron chi connectivity index (χ2n) is 11.9. The third-order valence-corrected chi connectivity index (χ3v) is 9.08. The minimum absolute atomic E-state index is 0.0187. The van der Waals surface area contributed by atoms with Gasteiger partial charge in [0.05, 0.1) is 25.9 Å². The summed E-state index contributed by atoms with van der Waals surface area (Å²) in [5.41, 5.74) is 0.670. The maximum absolute atomic E-state index is 14.0. The third kappa shape index (κ3) is 5.91. The van der Waals surface area contributed by atoms with E-state index in [9.17, 15) is 14.4 Å². The quantitative estimate of drug-likeness (QED) is 0.353. The van der Waals surface area contributed by atoms with Crippen LogP contribution in [0.1, 0.15) is 77.5 Å². The smallest absolute Gasteiger partial charge is 0.320 e. The summed E-state index contributed by atoms with van der Waals surface area (Å²) in [6, 6.07) is 3.91. The average Bonchev–Trinajstić information content (AvgIpc) is 3.41. The van der Waals surface area contributed by atoms with E-state index < -0.39 is 23.4 Å². The lowest BCUT2D eigenvalue weighted by Gasteiger charge is -2.53. The molecule has 0 aromatic carbocycles. The van der Waals surface area contributed by atoms with Crippen LogP contribution >= 0.6 is 11.3 Å². The number of carbonyl (C=O) groups excluding carboxylic acids is 3. The Morgan fingerprint density at radius 1 is 1.29 bits per heavy atom. The molecule has 0 saturated carbocycles. The van der Waals surface area contributed by atoms with E-state index in [1.54, 1.807) is 16.2 Å². The molecule has 1 aliphatic carbocycles. The van der Waals surface area contributed by atoms with Crippen molar-refractivity contribution >= 4 is 29.1 Å². The Bertz CT molecular complexity index is 1090. The second-order valence-corrected chi connectivity index (χ2v) is 12.9. The molecule has 1 aromatic rings.